The first kappa shape index (κ1) is 31.3. The van der Waals surface area contributed by atoms with E-state index in [2.05, 4.69) is 31.0 Å². The zero-order valence-corrected chi connectivity index (χ0v) is 23.2. The quantitative estimate of drug-likeness (QED) is 0.231. The van der Waals surface area contributed by atoms with Crippen LogP contribution >= 0.6 is 0 Å². The monoisotopic (exact) mass is 578 g/mol. The second kappa shape index (κ2) is 13.4. The van der Waals surface area contributed by atoms with Crippen LogP contribution in [0.3, 0.4) is 0 Å². The number of Topliss-reactive ketones (excluding diaryl/α,β-unsaturated/α-hetero) is 1. The number of carbonyl (C=O) groups excluding carboxylic acids is 3. The average molecular weight is 579 g/mol. The molecule has 0 saturated carbocycles. The van der Waals surface area contributed by atoms with E-state index in [4.69, 9.17) is 9.15 Å². The number of anilines is 1. The molecule has 2 amide bonds. The van der Waals surface area contributed by atoms with Crippen molar-refractivity contribution in [1.29, 1.82) is 0 Å². The molecule has 3 rings (SSSR count). The van der Waals surface area contributed by atoms with Gasteiger partial charge < -0.3 is 19.8 Å². The molecule has 14 heteroatoms. The molecule has 0 saturated heterocycles. The highest BCUT2D eigenvalue weighted by atomic mass is 19.4. The largest absolute Gasteiger partial charge is 0.445 e. The summed E-state index contributed by atoms with van der Waals surface area (Å²) in [6.45, 7) is 7.56. The molecule has 0 spiro atoms. The van der Waals surface area contributed by atoms with E-state index in [0.717, 1.165) is 18.6 Å². The summed E-state index contributed by atoms with van der Waals surface area (Å²) in [6, 6.07) is 4.65. The van der Waals surface area contributed by atoms with Crippen LogP contribution in [0.2, 0.25) is 0 Å². The van der Waals surface area contributed by atoms with Crippen LogP contribution in [0.1, 0.15) is 64.8 Å². The van der Waals surface area contributed by atoms with Gasteiger partial charge >= 0.3 is 12.3 Å². The van der Waals surface area contributed by atoms with Crippen LogP contribution in [0.25, 0.3) is 11.5 Å². The Bertz CT molecular complexity index is 1310. The van der Waals surface area contributed by atoms with Crippen molar-refractivity contribution in [1.82, 2.24) is 25.7 Å². The maximum absolute atomic E-state index is 13.0. The van der Waals surface area contributed by atoms with Crippen molar-refractivity contribution in [2.45, 2.75) is 78.1 Å². The van der Waals surface area contributed by atoms with Gasteiger partial charge in [-0.15, -0.1) is 10.2 Å². The van der Waals surface area contributed by atoms with Crippen LogP contribution in [0.15, 0.2) is 40.9 Å². The fourth-order valence-electron chi connectivity index (χ4n) is 3.77. The fourth-order valence-corrected chi connectivity index (χ4v) is 3.77. The van der Waals surface area contributed by atoms with Gasteiger partial charge in [0.15, 0.2) is 0 Å². The molecule has 1 aromatic carbocycles. The minimum atomic E-state index is -4.47. The number of carbonyl (C=O) groups is 3. The Kier molecular flexibility index (Phi) is 10.2. The van der Waals surface area contributed by atoms with Gasteiger partial charge in [0.05, 0.1) is 18.2 Å². The summed E-state index contributed by atoms with van der Waals surface area (Å²) in [5.74, 6) is -1.39. The third-order valence-corrected chi connectivity index (χ3v) is 6.75. The molecule has 0 radical (unpaired) electrons. The summed E-state index contributed by atoms with van der Waals surface area (Å²) in [4.78, 5) is 38.3. The lowest BCUT2D eigenvalue weighted by Crippen LogP contribution is -2.48. The molecule has 0 fully saturated rings. The predicted molar refractivity (Wildman–Crippen MR) is 141 cm³/mol. The van der Waals surface area contributed by atoms with Gasteiger partial charge in [-0.1, -0.05) is 40.5 Å². The van der Waals surface area contributed by atoms with Gasteiger partial charge in [-0.3, -0.25) is 14.7 Å². The summed E-state index contributed by atoms with van der Waals surface area (Å²) in [6.07, 6.45) is -2.61. The Hall–Kier alpha value is -4.23. The second-order valence-corrected chi connectivity index (χ2v) is 10.1. The van der Waals surface area contributed by atoms with Crippen LogP contribution in [0.5, 0.6) is 0 Å². The highest BCUT2D eigenvalue weighted by Crippen LogP contribution is 2.32. The van der Waals surface area contributed by atoms with Gasteiger partial charge in [-0.05, 0) is 37.1 Å². The highest BCUT2D eigenvalue weighted by Gasteiger charge is 2.35. The molecule has 2 atom stereocenters. The number of H-pyrrole nitrogens is 1. The van der Waals surface area contributed by atoms with Crippen molar-refractivity contribution in [3.63, 3.8) is 0 Å². The number of benzene rings is 1. The lowest BCUT2D eigenvalue weighted by molar-refractivity contribution is -0.137. The van der Waals surface area contributed by atoms with E-state index in [-0.39, 0.29) is 30.4 Å². The Morgan fingerprint density at radius 3 is 2.37 bits per heavy atom. The molecule has 2 aromatic heterocycles. The zero-order valence-electron chi connectivity index (χ0n) is 23.2. The van der Waals surface area contributed by atoms with E-state index >= 15 is 0 Å². The van der Waals surface area contributed by atoms with Crippen LogP contribution in [0.4, 0.5) is 23.8 Å². The third kappa shape index (κ3) is 8.63. The van der Waals surface area contributed by atoms with Crippen molar-refractivity contribution in [3.8, 4) is 11.5 Å². The minimum absolute atomic E-state index is 0.00970. The first-order chi connectivity index (χ1) is 19.3. The molecule has 0 aliphatic carbocycles. The number of amides is 2. The van der Waals surface area contributed by atoms with E-state index in [9.17, 15) is 27.6 Å². The Morgan fingerprint density at radius 2 is 1.78 bits per heavy atom. The minimum Gasteiger partial charge on any atom is -0.445 e. The summed E-state index contributed by atoms with van der Waals surface area (Å²) < 4.78 is 50.0. The van der Waals surface area contributed by atoms with Gasteiger partial charge in [0, 0.05) is 17.0 Å². The molecule has 3 N–H and O–H groups in total. The Morgan fingerprint density at radius 1 is 1.07 bits per heavy atom. The Balaban J connectivity index is 1.71. The summed E-state index contributed by atoms with van der Waals surface area (Å²) >= 11 is 0. The average Bonchev–Trinajstić information content (AvgIpc) is 3.62. The molecule has 11 nitrogen and oxygen atoms in total. The van der Waals surface area contributed by atoms with E-state index in [0.29, 0.717) is 18.4 Å². The fraction of sp³-hybridized carbons (Fsp3) is 0.481. The van der Waals surface area contributed by atoms with E-state index in [1.165, 1.54) is 24.4 Å². The predicted octanol–water partition coefficient (Wildman–Crippen LogP) is 5.32. The number of hydrogen-bond acceptors (Lipinski definition) is 8. The maximum atomic E-state index is 13.0. The van der Waals surface area contributed by atoms with Crippen molar-refractivity contribution < 1.29 is 36.7 Å². The third-order valence-electron chi connectivity index (χ3n) is 6.75. The van der Waals surface area contributed by atoms with Gasteiger partial charge in [0.2, 0.25) is 17.6 Å². The number of rotatable bonds is 13. The molecular formula is C27H33F3N6O5. The molecule has 0 bridgehead atoms. The number of alkyl halides is 3. The first-order valence-electron chi connectivity index (χ1n) is 13.2. The number of aromatic nitrogens is 4. The zero-order chi connectivity index (χ0) is 30.2. The summed E-state index contributed by atoms with van der Waals surface area (Å²) in [5.41, 5.74) is -1.08. The number of nitrogens with one attached hydrogen (secondary N) is 3. The van der Waals surface area contributed by atoms with Crippen LogP contribution in [-0.4, -0.2) is 50.3 Å². The van der Waals surface area contributed by atoms with Crippen LogP contribution in [0, 0.1) is 5.41 Å². The number of unbranched alkanes of at least 4 members (excludes halogenated alkanes) is 1. The first-order valence-corrected chi connectivity index (χ1v) is 13.2. The molecular weight excluding hydrogens is 545 g/mol. The molecule has 0 aliphatic rings. The van der Waals surface area contributed by atoms with Gasteiger partial charge in [0.25, 0.3) is 5.91 Å². The lowest BCUT2D eigenvalue weighted by atomic mass is 9.82. The number of nitrogens with zero attached hydrogens (tertiary/aromatic N) is 3. The van der Waals surface area contributed by atoms with E-state index < -0.39 is 47.1 Å². The smallest absolute Gasteiger partial charge is 0.416 e. The van der Waals surface area contributed by atoms with E-state index in [1.807, 2.05) is 27.7 Å². The van der Waals surface area contributed by atoms with Crippen molar-refractivity contribution in [3.05, 3.63) is 48.0 Å². The number of ketones is 1. The van der Waals surface area contributed by atoms with Crippen LogP contribution < -0.4 is 10.6 Å². The molecule has 222 valence electrons. The van der Waals surface area contributed by atoms with E-state index in [1.54, 1.807) is 0 Å². The SMILES string of the molecule is CCCC[C@H](NC(=O)O[C@H](Cc1nnc(-c2ccc(C(F)(F)F)cc2)o1)C(C)(C)CC)C(=O)C(=O)Nc1ccn[nH]1. The van der Waals surface area contributed by atoms with Crippen LogP contribution in [-0.2, 0) is 26.9 Å². The molecule has 41 heavy (non-hydrogen) atoms. The number of ether oxygens (including phenoxy) is 1. The van der Waals surface area contributed by atoms with Gasteiger partial charge in [-0.2, -0.15) is 18.3 Å². The van der Waals surface area contributed by atoms with Crippen molar-refractivity contribution in [2.75, 3.05) is 5.32 Å². The highest BCUT2D eigenvalue weighted by molar-refractivity contribution is 6.42. The van der Waals surface area contributed by atoms with Crippen molar-refractivity contribution >= 4 is 23.6 Å². The summed E-state index contributed by atoms with van der Waals surface area (Å²) in [5, 5.41) is 19.1. The standard InChI is InChI=1S/C27H33F3N6O5/c1-5-7-8-18(22(37)23(38)33-20-13-14-31-34-20)32-25(39)40-19(26(3,4)6-2)15-21-35-36-24(41-21)16-9-11-17(12-10-16)27(28,29)30/h9-14,18-19H,5-8,15H2,1-4H3,(H,32,39)(H2,31,33,34,38)/t18-,19+/m0/s1. The second-order valence-electron chi connectivity index (χ2n) is 10.1. The molecule has 3 aromatic rings. The topological polar surface area (TPSA) is 152 Å². The number of aromatic amines is 1. The molecule has 0 aliphatic heterocycles. The number of alkyl carbamates (subject to hydrolysis) is 1. The summed E-state index contributed by atoms with van der Waals surface area (Å²) in [7, 11) is 0. The normalized spacial score (nSPS) is 13.3. The number of hydrogen-bond donors (Lipinski definition) is 3. The maximum Gasteiger partial charge on any atom is 0.416 e. The Labute approximate surface area is 234 Å². The van der Waals surface area contributed by atoms with Gasteiger partial charge in [-0.25, -0.2) is 4.79 Å². The lowest BCUT2D eigenvalue weighted by Gasteiger charge is -2.32. The molecule has 2 heterocycles. The van der Waals surface area contributed by atoms with Gasteiger partial charge in [0.1, 0.15) is 18.0 Å². The van der Waals surface area contributed by atoms with Crippen molar-refractivity contribution in [2.24, 2.45) is 5.41 Å². The molecule has 0 unspecified atom stereocenters. The number of halogens is 3.